The van der Waals surface area contributed by atoms with Gasteiger partial charge < -0.3 is 4.57 Å². The standard InChI is InChI=1S/C29H27FIN3O4/c1-4-22(35)13-17-6-5-7-21(12-17)33-26-16(2)27(36)32(3)24(14-18-8-9-19(31)15-23(18)30)25(26)28(37)34(29(33)38)20-10-11-20/h5-9,12,15,20H,4,10-11,13-14H2,1-3H3. The zero-order valence-electron chi connectivity index (χ0n) is 21.4. The summed E-state index contributed by atoms with van der Waals surface area (Å²) in [6.07, 6.45) is 2.04. The number of ketones is 1. The van der Waals surface area contributed by atoms with Crippen LogP contribution in [0.1, 0.15) is 54.6 Å². The highest BCUT2D eigenvalue weighted by Crippen LogP contribution is 2.33. The highest BCUT2D eigenvalue weighted by atomic mass is 127. The largest absolute Gasteiger partial charge is 0.336 e. The number of aromatic nitrogens is 3. The van der Waals surface area contributed by atoms with Gasteiger partial charge in [0.1, 0.15) is 11.6 Å². The van der Waals surface area contributed by atoms with Crippen LogP contribution in [0.3, 0.4) is 0 Å². The molecule has 0 amide bonds. The van der Waals surface area contributed by atoms with Gasteiger partial charge in [-0.25, -0.2) is 9.18 Å². The molecule has 7 nitrogen and oxygen atoms in total. The normalized spacial score (nSPS) is 13.3. The molecule has 2 aromatic heterocycles. The molecular formula is C29H27FIN3O4. The molecular weight excluding hydrogens is 600 g/mol. The summed E-state index contributed by atoms with van der Waals surface area (Å²) in [6.45, 7) is 3.40. The number of fused-ring (bicyclic) bond motifs is 1. The fraction of sp³-hybridized carbons (Fsp3) is 0.310. The molecule has 9 heteroatoms. The lowest BCUT2D eigenvalue weighted by Crippen LogP contribution is -2.41. The molecule has 4 aromatic rings. The Labute approximate surface area is 231 Å². The summed E-state index contributed by atoms with van der Waals surface area (Å²) in [4.78, 5) is 53.3. The molecule has 2 heterocycles. The van der Waals surface area contributed by atoms with Crippen molar-refractivity contribution in [3.8, 4) is 5.69 Å². The van der Waals surface area contributed by atoms with E-state index < -0.39 is 17.1 Å². The van der Waals surface area contributed by atoms with Crippen LogP contribution in [0.15, 0.2) is 56.8 Å². The van der Waals surface area contributed by atoms with Gasteiger partial charge in [-0.05, 0) is 77.7 Å². The predicted molar refractivity (Wildman–Crippen MR) is 153 cm³/mol. The average Bonchev–Trinajstić information content (AvgIpc) is 3.72. The van der Waals surface area contributed by atoms with Crippen LogP contribution in [0.2, 0.25) is 0 Å². The molecule has 5 rings (SSSR count). The van der Waals surface area contributed by atoms with Crippen LogP contribution in [0, 0.1) is 16.3 Å². The van der Waals surface area contributed by atoms with E-state index in [0.717, 1.165) is 9.13 Å². The minimum absolute atomic E-state index is 0.00836. The van der Waals surface area contributed by atoms with Gasteiger partial charge in [-0.1, -0.05) is 25.1 Å². The smallest absolute Gasteiger partial charge is 0.314 e. The SMILES string of the molecule is CCC(=O)Cc1cccc(-n2c(=O)n(C3CC3)c(=O)c3c(Cc4ccc(I)cc4F)n(C)c(=O)c(C)c32)c1. The Kier molecular flexibility index (Phi) is 6.97. The van der Waals surface area contributed by atoms with Crippen LogP contribution < -0.4 is 16.8 Å². The highest BCUT2D eigenvalue weighted by Gasteiger charge is 2.31. The van der Waals surface area contributed by atoms with Gasteiger partial charge in [0.05, 0.1) is 16.6 Å². The van der Waals surface area contributed by atoms with Crippen LogP contribution >= 0.6 is 22.6 Å². The lowest BCUT2D eigenvalue weighted by molar-refractivity contribution is -0.118. The van der Waals surface area contributed by atoms with Crippen LogP contribution in [0.5, 0.6) is 0 Å². The molecule has 1 saturated carbocycles. The number of pyridine rings is 1. The Bertz CT molecular complexity index is 1800. The first-order chi connectivity index (χ1) is 18.1. The monoisotopic (exact) mass is 627 g/mol. The number of nitrogens with zero attached hydrogens (tertiary/aromatic N) is 3. The summed E-state index contributed by atoms with van der Waals surface area (Å²) in [5.74, 6) is -0.364. The Hall–Kier alpha value is -3.34. The van der Waals surface area contributed by atoms with Gasteiger partial charge in [-0.3, -0.25) is 23.5 Å². The van der Waals surface area contributed by atoms with E-state index in [2.05, 4.69) is 0 Å². The Morgan fingerprint density at radius 3 is 2.47 bits per heavy atom. The lowest BCUT2D eigenvalue weighted by atomic mass is 10.0. The van der Waals surface area contributed by atoms with Crippen molar-refractivity contribution in [1.82, 2.24) is 13.7 Å². The van der Waals surface area contributed by atoms with Gasteiger partial charge in [-0.2, -0.15) is 0 Å². The molecule has 0 atom stereocenters. The van der Waals surface area contributed by atoms with Gasteiger partial charge in [0, 0.05) is 47.2 Å². The number of benzene rings is 2. The number of carbonyl (C=O) groups is 1. The minimum Gasteiger partial charge on any atom is -0.314 e. The molecule has 38 heavy (non-hydrogen) atoms. The van der Waals surface area contributed by atoms with Crippen molar-refractivity contribution in [3.05, 3.63) is 105 Å². The first-order valence-corrected chi connectivity index (χ1v) is 13.6. The van der Waals surface area contributed by atoms with Crippen molar-refractivity contribution in [2.24, 2.45) is 7.05 Å². The quantitative estimate of drug-likeness (QED) is 0.286. The predicted octanol–water partition coefficient (Wildman–Crippen LogP) is 4.35. The van der Waals surface area contributed by atoms with E-state index in [0.29, 0.717) is 36.2 Å². The van der Waals surface area contributed by atoms with Crippen LogP contribution in [0.4, 0.5) is 4.39 Å². The molecule has 0 unspecified atom stereocenters. The van der Waals surface area contributed by atoms with E-state index in [4.69, 9.17) is 0 Å². The molecule has 0 spiro atoms. The maximum atomic E-state index is 14.9. The third-order valence-electron chi connectivity index (χ3n) is 7.21. The summed E-state index contributed by atoms with van der Waals surface area (Å²) in [5, 5.41) is 0.226. The molecule has 0 saturated heterocycles. The molecule has 0 radical (unpaired) electrons. The zero-order chi connectivity index (χ0) is 27.3. The molecule has 0 N–H and O–H groups in total. The van der Waals surface area contributed by atoms with Gasteiger partial charge in [0.25, 0.3) is 11.1 Å². The molecule has 1 aliphatic carbocycles. The second kappa shape index (κ2) is 10.1. The number of hydrogen-bond donors (Lipinski definition) is 0. The number of hydrogen-bond acceptors (Lipinski definition) is 4. The number of Topliss-reactive ketones (excluding diaryl/α,β-unsaturated/α-hetero) is 1. The third-order valence-corrected chi connectivity index (χ3v) is 7.88. The van der Waals surface area contributed by atoms with Crippen molar-refractivity contribution in [3.63, 3.8) is 0 Å². The Morgan fingerprint density at radius 1 is 1.08 bits per heavy atom. The van der Waals surface area contributed by atoms with E-state index >= 15 is 0 Å². The van der Waals surface area contributed by atoms with E-state index in [1.54, 1.807) is 51.2 Å². The first-order valence-electron chi connectivity index (χ1n) is 12.6. The number of rotatable bonds is 7. The number of aryl methyl sites for hydroxylation is 1. The minimum atomic E-state index is -0.522. The van der Waals surface area contributed by atoms with Crippen molar-refractivity contribution < 1.29 is 9.18 Å². The van der Waals surface area contributed by atoms with Gasteiger partial charge in [-0.15, -0.1) is 0 Å². The molecule has 196 valence electrons. The summed E-state index contributed by atoms with van der Waals surface area (Å²) >= 11 is 2.03. The number of halogens is 2. The van der Waals surface area contributed by atoms with Gasteiger partial charge in [0.2, 0.25) is 0 Å². The maximum absolute atomic E-state index is 14.9. The Morgan fingerprint density at radius 2 is 1.82 bits per heavy atom. The Balaban J connectivity index is 1.88. The maximum Gasteiger partial charge on any atom is 0.336 e. The zero-order valence-corrected chi connectivity index (χ0v) is 23.5. The molecule has 0 aliphatic heterocycles. The van der Waals surface area contributed by atoms with Gasteiger partial charge in [0.15, 0.2) is 0 Å². The van der Waals surface area contributed by atoms with E-state index in [-0.39, 0.29) is 46.7 Å². The summed E-state index contributed by atoms with van der Waals surface area (Å²) in [7, 11) is 1.57. The van der Waals surface area contributed by atoms with Crippen LogP contribution in [0.25, 0.3) is 16.6 Å². The summed E-state index contributed by atoms with van der Waals surface area (Å²) in [6, 6.07) is 11.7. The molecule has 2 aromatic carbocycles. The number of carbonyl (C=O) groups excluding carboxylic acids is 1. The van der Waals surface area contributed by atoms with Crippen molar-refractivity contribution in [2.75, 3.05) is 0 Å². The molecule has 0 bridgehead atoms. The average molecular weight is 627 g/mol. The topological polar surface area (TPSA) is 83.1 Å². The van der Waals surface area contributed by atoms with E-state index in [1.165, 1.54) is 19.8 Å². The fourth-order valence-corrected chi connectivity index (χ4v) is 5.44. The van der Waals surface area contributed by atoms with Crippen LogP contribution in [-0.4, -0.2) is 19.5 Å². The summed E-state index contributed by atoms with van der Waals surface area (Å²) in [5.41, 5.74) is 1.02. The van der Waals surface area contributed by atoms with Crippen molar-refractivity contribution in [2.45, 2.75) is 52.0 Å². The first kappa shape index (κ1) is 26.3. The van der Waals surface area contributed by atoms with Crippen molar-refractivity contribution >= 4 is 39.3 Å². The highest BCUT2D eigenvalue weighted by molar-refractivity contribution is 14.1. The molecule has 1 aliphatic rings. The third kappa shape index (κ3) is 4.57. The summed E-state index contributed by atoms with van der Waals surface area (Å²) < 4.78 is 19.7. The second-order valence-corrected chi connectivity index (χ2v) is 11.1. The van der Waals surface area contributed by atoms with E-state index in [1.807, 2.05) is 28.7 Å². The van der Waals surface area contributed by atoms with Crippen molar-refractivity contribution in [1.29, 1.82) is 0 Å². The molecule has 1 fully saturated rings. The van der Waals surface area contributed by atoms with Crippen LogP contribution in [-0.2, 0) is 24.7 Å². The second-order valence-electron chi connectivity index (χ2n) is 9.84. The van der Waals surface area contributed by atoms with Gasteiger partial charge >= 0.3 is 5.69 Å². The lowest BCUT2D eigenvalue weighted by Gasteiger charge is -2.20. The van der Waals surface area contributed by atoms with E-state index in [9.17, 15) is 23.6 Å². The fourth-order valence-electron chi connectivity index (χ4n) is 4.99.